The maximum absolute atomic E-state index is 10.6. The van der Waals surface area contributed by atoms with E-state index in [0.717, 1.165) is 11.8 Å². The summed E-state index contributed by atoms with van der Waals surface area (Å²) in [5.41, 5.74) is 7.51. The van der Waals surface area contributed by atoms with Gasteiger partial charge in [0.05, 0.1) is 5.56 Å². The number of carbonyl (C=O) groups is 1. The summed E-state index contributed by atoms with van der Waals surface area (Å²) in [6.07, 6.45) is 4.85. The minimum Gasteiger partial charge on any atom is -0.438 e. The first kappa shape index (κ1) is 16.1. The van der Waals surface area contributed by atoms with Crippen LogP contribution in [0.4, 0.5) is 11.5 Å². The minimum atomic E-state index is 0.133. The molecular formula is C17H14N6O2. The molecule has 0 radical (unpaired) electrons. The van der Waals surface area contributed by atoms with Crippen molar-refractivity contribution in [2.75, 3.05) is 11.1 Å². The van der Waals surface area contributed by atoms with Crippen molar-refractivity contribution in [1.29, 1.82) is 5.41 Å². The van der Waals surface area contributed by atoms with Gasteiger partial charge in [-0.15, -0.1) is 0 Å². The van der Waals surface area contributed by atoms with Gasteiger partial charge in [-0.05, 0) is 24.3 Å². The summed E-state index contributed by atoms with van der Waals surface area (Å²) in [7, 11) is 0. The van der Waals surface area contributed by atoms with Gasteiger partial charge in [-0.25, -0.2) is 4.98 Å². The summed E-state index contributed by atoms with van der Waals surface area (Å²) >= 11 is 0. The highest BCUT2D eigenvalue weighted by Gasteiger charge is 2.14. The number of pyridine rings is 1. The number of aromatic nitrogens is 3. The molecule has 0 atom stereocenters. The number of hydrogen-bond acceptors (Lipinski definition) is 7. The van der Waals surface area contributed by atoms with Gasteiger partial charge in [0, 0.05) is 35.9 Å². The van der Waals surface area contributed by atoms with Crippen molar-refractivity contribution in [3.05, 3.63) is 54.4 Å². The number of rotatable bonds is 6. The van der Waals surface area contributed by atoms with E-state index in [1.165, 1.54) is 0 Å². The largest absolute Gasteiger partial charge is 0.438 e. The monoisotopic (exact) mass is 334 g/mol. The first-order valence-electron chi connectivity index (χ1n) is 7.27. The van der Waals surface area contributed by atoms with E-state index in [9.17, 15) is 4.79 Å². The van der Waals surface area contributed by atoms with Crippen molar-refractivity contribution in [2.45, 2.75) is 0 Å². The second-order valence-electron chi connectivity index (χ2n) is 4.92. The molecule has 124 valence electrons. The first-order valence-corrected chi connectivity index (χ1v) is 7.27. The molecule has 3 aromatic rings. The molecule has 0 aliphatic carbocycles. The molecule has 0 spiro atoms. The van der Waals surface area contributed by atoms with Crippen molar-refractivity contribution >= 4 is 24.1 Å². The maximum atomic E-state index is 10.6. The normalized spacial score (nSPS) is 10.1. The molecule has 0 saturated heterocycles. The molecule has 0 bridgehead atoms. The Kier molecular flexibility index (Phi) is 4.61. The molecule has 3 rings (SSSR count). The van der Waals surface area contributed by atoms with Crippen molar-refractivity contribution in [2.24, 2.45) is 0 Å². The number of anilines is 2. The summed E-state index contributed by atoms with van der Waals surface area (Å²) < 4.78 is 5.78. The highest BCUT2D eigenvalue weighted by atomic mass is 16.5. The number of carbonyl (C=O) groups excluding carboxylic acids is 1. The van der Waals surface area contributed by atoms with Gasteiger partial charge in [-0.3, -0.25) is 9.78 Å². The molecule has 8 nitrogen and oxygen atoms in total. The molecule has 1 amide bonds. The first-order chi connectivity index (χ1) is 12.2. The Bertz CT molecular complexity index is 914. The zero-order valence-corrected chi connectivity index (χ0v) is 13.0. The quantitative estimate of drug-likeness (QED) is 0.469. The van der Waals surface area contributed by atoms with Gasteiger partial charge in [0.25, 0.3) is 0 Å². The van der Waals surface area contributed by atoms with Gasteiger partial charge in [0.15, 0.2) is 5.82 Å². The lowest BCUT2D eigenvalue weighted by molar-refractivity contribution is -0.105. The van der Waals surface area contributed by atoms with Gasteiger partial charge in [0.2, 0.25) is 12.3 Å². The number of ether oxygens (including phenoxy) is 1. The molecule has 1 aromatic carbocycles. The number of nitrogens with zero attached hydrogens (tertiary/aromatic N) is 3. The van der Waals surface area contributed by atoms with E-state index in [0.29, 0.717) is 23.7 Å². The van der Waals surface area contributed by atoms with E-state index in [2.05, 4.69) is 20.3 Å². The second kappa shape index (κ2) is 7.18. The Morgan fingerprint density at radius 2 is 1.96 bits per heavy atom. The minimum absolute atomic E-state index is 0.133. The highest BCUT2D eigenvalue weighted by Crippen LogP contribution is 2.29. The van der Waals surface area contributed by atoms with Crippen LogP contribution in [0.25, 0.3) is 11.4 Å². The Balaban J connectivity index is 2.02. The number of amides is 1. The third-order valence-corrected chi connectivity index (χ3v) is 3.30. The van der Waals surface area contributed by atoms with E-state index in [1.54, 1.807) is 48.8 Å². The number of hydrogen-bond donors (Lipinski definition) is 3. The molecule has 0 fully saturated rings. The van der Waals surface area contributed by atoms with Crippen molar-refractivity contribution < 1.29 is 9.53 Å². The maximum Gasteiger partial charge on any atom is 0.233 e. The van der Waals surface area contributed by atoms with Gasteiger partial charge < -0.3 is 21.2 Å². The van der Waals surface area contributed by atoms with Gasteiger partial charge >= 0.3 is 0 Å². The van der Waals surface area contributed by atoms with E-state index >= 15 is 0 Å². The van der Waals surface area contributed by atoms with Crippen molar-refractivity contribution in [3.63, 3.8) is 0 Å². The van der Waals surface area contributed by atoms with Crippen LogP contribution in [0.15, 0.2) is 48.8 Å². The van der Waals surface area contributed by atoms with Crippen LogP contribution in [0.2, 0.25) is 0 Å². The van der Waals surface area contributed by atoms with E-state index in [4.69, 9.17) is 15.9 Å². The molecule has 2 aromatic heterocycles. The molecule has 0 aliphatic heterocycles. The predicted octanol–water partition coefficient (Wildman–Crippen LogP) is 2.48. The fraction of sp³-hybridized carbons (Fsp3) is 0. The van der Waals surface area contributed by atoms with Gasteiger partial charge in [-0.2, -0.15) is 4.98 Å². The van der Waals surface area contributed by atoms with Crippen molar-refractivity contribution in [3.8, 4) is 23.0 Å². The van der Waals surface area contributed by atoms with Crippen LogP contribution in [0, 0.1) is 5.41 Å². The topological polar surface area (TPSA) is 127 Å². The fourth-order valence-corrected chi connectivity index (χ4v) is 2.14. The fourth-order valence-electron chi connectivity index (χ4n) is 2.14. The summed E-state index contributed by atoms with van der Waals surface area (Å²) in [5, 5.41) is 10.1. The van der Waals surface area contributed by atoms with Crippen LogP contribution in [0.1, 0.15) is 5.56 Å². The van der Waals surface area contributed by atoms with Crippen LogP contribution in [0.3, 0.4) is 0 Å². The zero-order valence-electron chi connectivity index (χ0n) is 13.0. The molecule has 0 saturated carbocycles. The lowest BCUT2D eigenvalue weighted by atomic mass is 10.2. The second-order valence-corrected chi connectivity index (χ2v) is 4.92. The summed E-state index contributed by atoms with van der Waals surface area (Å²) in [6, 6.07) is 10.3. The van der Waals surface area contributed by atoms with Crippen molar-refractivity contribution in [1.82, 2.24) is 15.0 Å². The van der Waals surface area contributed by atoms with E-state index in [1.807, 2.05) is 0 Å². The average molecular weight is 334 g/mol. The molecule has 8 heteroatoms. The Morgan fingerprint density at radius 1 is 1.16 bits per heavy atom. The molecular weight excluding hydrogens is 320 g/mol. The lowest BCUT2D eigenvalue weighted by Crippen LogP contribution is -2.05. The molecule has 2 heterocycles. The average Bonchev–Trinajstić information content (AvgIpc) is 2.63. The predicted molar refractivity (Wildman–Crippen MR) is 93.8 cm³/mol. The highest BCUT2D eigenvalue weighted by molar-refractivity contribution is 5.87. The van der Waals surface area contributed by atoms with Crippen LogP contribution in [0.5, 0.6) is 11.6 Å². The lowest BCUT2D eigenvalue weighted by Gasteiger charge is -2.11. The number of nitrogens with two attached hydrogens (primary N) is 1. The van der Waals surface area contributed by atoms with Crippen LogP contribution >= 0.6 is 0 Å². The third kappa shape index (κ3) is 3.58. The molecule has 25 heavy (non-hydrogen) atoms. The number of nitrogens with one attached hydrogen (secondary N) is 2. The number of nitrogen functional groups attached to an aromatic ring is 1. The zero-order chi connectivity index (χ0) is 17.6. The molecule has 0 unspecified atom stereocenters. The third-order valence-electron chi connectivity index (χ3n) is 3.30. The SMILES string of the molecule is N=Cc1c(N)nc(-c2ccncc2)nc1Oc1cccc(NC=O)c1. The van der Waals surface area contributed by atoms with Gasteiger partial charge in [0.1, 0.15) is 11.6 Å². The molecule has 0 aliphatic rings. The summed E-state index contributed by atoms with van der Waals surface area (Å²) in [5.74, 6) is 1.09. The smallest absolute Gasteiger partial charge is 0.233 e. The Morgan fingerprint density at radius 3 is 2.68 bits per heavy atom. The van der Waals surface area contributed by atoms with Crippen LogP contribution < -0.4 is 15.8 Å². The van der Waals surface area contributed by atoms with Gasteiger partial charge in [-0.1, -0.05) is 6.07 Å². The van der Waals surface area contributed by atoms with Crippen LogP contribution in [-0.4, -0.2) is 27.6 Å². The number of benzene rings is 1. The Labute approximate surface area is 143 Å². The Hall–Kier alpha value is -3.81. The van der Waals surface area contributed by atoms with E-state index < -0.39 is 0 Å². The summed E-state index contributed by atoms with van der Waals surface area (Å²) in [4.78, 5) is 23.1. The summed E-state index contributed by atoms with van der Waals surface area (Å²) in [6.45, 7) is 0. The van der Waals surface area contributed by atoms with E-state index in [-0.39, 0.29) is 17.3 Å². The van der Waals surface area contributed by atoms with Crippen LogP contribution in [-0.2, 0) is 4.79 Å². The molecule has 4 N–H and O–H groups in total. The standard InChI is InChI=1S/C17H14N6O2/c18-9-14-15(19)22-16(11-4-6-20-7-5-11)23-17(14)25-13-3-1-2-12(8-13)21-10-24/h1-10,18H,(H,21,24)(H2,19,22,23).